The van der Waals surface area contributed by atoms with Crippen LogP contribution in [0.25, 0.3) is 0 Å². The first kappa shape index (κ1) is 17.0. The first-order chi connectivity index (χ1) is 10.2. The maximum Gasteiger partial charge on any atom is 0.147 e. The van der Waals surface area contributed by atoms with Crippen molar-refractivity contribution in [1.29, 1.82) is 0 Å². The number of hydrogen-bond acceptors (Lipinski definition) is 4. The number of ether oxygens (including phenoxy) is 2. The van der Waals surface area contributed by atoms with Crippen molar-refractivity contribution in [2.75, 3.05) is 33.1 Å². The molecule has 1 aliphatic heterocycles. The summed E-state index contributed by atoms with van der Waals surface area (Å²) in [5.41, 5.74) is 1.11. The third-order valence-electron chi connectivity index (χ3n) is 3.46. The van der Waals surface area contributed by atoms with Crippen molar-refractivity contribution in [1.82, 2.24) is 4.90 Å². The van der Waals surface area contributed by atoms with E-state index < -0.39 is 0 Å². The Labute approximate surface area is 135 Å². The average Bonchev–Trinajstić information content (AvgIpc) is 2.49. The Bertz CT molecular complexity index is 439. The molecule has 1 saturated heterocycles. The van der Waals surface area contributed by atoms with Crippen molar-refractivity contribution in [2.24, 2.45) is 0 Å². The number of rotatable bonds is 7. The van der Waals surface area contributed by atoms with Gasteiger partial charge >= 0.3 is 0 Å². The predicted octanol–water partition coefficient (Wildman–Crippen LogP) is 2.94. The van der Waals surface area contributed by atoms with Gasteiger partial charge in [0.05, 0.1) is 22.8 Å². The van der Waals surface area contributed by atoms with Crippen LogP contribution < -0.4 is 0 Å². The Morgan fingerprint density at radius 3 is 2.81 bits per heavy atom. The van der Waals surface area contributed by atoms with Crippen LogP contribution in [0.3, 0.4) is 0 Å². The average molecular weight is 334 g/mol. The first-order valence-corrected chi connectivity index (χ1v) is 7.91. The van der Waals surface area contributed by atoms with Crippen LogP contribution in [0, 0.1) is 0 Å². The van der Waals surface area contributed by atoms with Crippen molar-refractivity contribution in [3.05, 3.63) is 33.8 Å². The molecule has 1 aromatic carbocycles. The monoisotopic (exact) mass is 333 g/mol. The van der Waals surface area contributed by atoms with E-state index in [1.165, 1.54) is 0 Å². The zero-order valence-electron chi connectivity index (χ0n) is 11.9. The molecular formula is C15H21Cl2NO3. The highest BCUT2D eigenvalue weighted by Gasteiger charge is 2.18. The molecule has 0 bridgehead atoms. The van der Waals surface area contributed by atoms with Crippen LogP contribution >= 0.6 is 23.2 Å². The summed E-state index contributed by atoms with van der Waals surface area (Å²) >= 11 is 12.0. The van der Waals surface area contributed by atoms with E-state index in [-0.39, 0.29) is 12.7 Å². The number of halogens is 2. The molecule has 4 nitrogen and oxygen atoms in total. The van der Waals surface area contributed by atoms with Gasteiger partial charge in [0.2, 0.25) is 0 Å². The second-order valence-corrected chi connectivity index (χ2v) is 5.98. The van der Waals surface area contributed by atoms with Crippen molar-refractivity contribution in [3.8, 4) is 0 Å². The summed E-state index contributed by atoms with van der Waals surface area (Å²) in [4.78, 5) is 2.27. The molecule has 0 aromatic heterocycles. The molecule has 0 radical (unpaired) electrons. The number of nitrogens with zero attached hydrogens (tertiary/aromatic N) is 1. The van der Waals surface area contributed by atoms with Gasteiger partial charge in [-0.2, -0.15) is 0 Å². The highest BCUT2D eigenvalue weighted by Crippen LogP contribution is 2.23. The smallest absolute Gasteiger partial charge is 0.147 e. The van der Waals surface area contributed by atoms with Gasteiger partial charge in [0.15, 0.2) is 0 Å². The molecule has 1 heterocycles. The highest BCUT2D eigenvalue weighted by molar-refractivity contribution is 6.42. The molecule has 1 atom stereocenters. The zero-order chi connectivity index (χ0) is 15.1. The Kier molecular flexibility index (Phi) is 7.23. The summed E-state index contributed by atoms with van der Waals surface area (Å²) in [7, 11) is 0. The van der Waals surface area contributed by atoms with Gasteiger partial charge in [0.25, 0.3) is 0 Å². The van der Waals surface area contributed by atoms with Gasteiger partial charge in [-0.05, 0) is 30.5 Å². The normalized spacial score (nSPS) is 19.1. The maximum atomic E-state index is 9.05. The molecule has 0 amide bonds. The van der Waals surface area contributed by atoms with Crippen molar-refractivity contribution in [3.63, 3.8) is 0 Å². The second kappa shape index (κ2) is 8.93. The molecule has 1 aromatic rings. The molecule has 2 rings (SSSR count). The molecule has 21 heavy (non-hydrogen) atoms. The van der Waals surface area contributed by atoms with E-state index in [1.807, 2.05) is 18.2 Å². The minimum absolute atomic E-state index is 0.181. The third kappa shape index (κ3) is 5.74. The maximum absolute atomic E-state index is 9.05. The number of benzene rings is 1. The van der Waals surface area contributed by atoms with Crippen molar-refractivity contribution in [2.45, 2.75) is 25.5 Å². The lowest BCUT2D eigenvalue weighted by Crippen LogP contribution is -2.37. The summed E-state index contributed by atoms with van der Waals surface area (Å²) < 4.78 is 10.8. The third-order valence-corrected chi connectivity index (χ3v) is 4.19. The molecule has 118 valence electrons. The van der Waals surface area contributed by atoms with Crippen LogP contribution in [0.5, 0.6) is 0 Å². The lowest BCUT2D eigenvalue weighted by molar-refractivity contribution is -0.145. The number of hydrogen-bond donors (Lipinski definition) is 1. The standard InChI is InChI=1S/C15H21Cl2NO3/c16-14-3-2-12(8-15(14)17)9-18(5-1-6-19)10-13-4-7-20-11-21-13/h2-3,8,13,19H,1,4-7,9-11H2/t13-/m0/s1. The van der Waals surface area contributed by atoms with Crippen LogP contribution in [0.2, 0.25) is 10.0 Å². The van der Waals surface area contributed by atoms with Gasteiger partial charge in [0.1, 0.15) is 6.79 Å². The lowest BCUT2D eigenvalue weighted by Gasteiger charge is -2.30. The van der Waals surface area contributed by atoms with Crippen LogP contribution in [0.15, 0.2) is 18.2 Å². The van der Waals surface area contributed by atoms with Gasteiger partial charge in [0, 0.05) is 26.2 Å². The predicted molar refractivity (Wildman–Crippen MR) is 83.8 cm³/mol. The minimum Gasteiger partial charge on any atom is -0.396 e. The minimum atomic E-state index is 0.181. The first-order valence-electron chi connectivity index (χ1n) is 7.15. The molecule has 6 heteroatoms. The van der Waals surface area contributed by atoms with Crippen molar-refractivity contribution < 1.29 is 14.6 Å². The van der Waals surface area contributed by atoms with Crippen LogP contribution in [0.1, 0.15) is 18.4 Å². The Morgan fingerprint density at radius 2 is 2.14 bits per heavy atom. The van der Waals surface area contributed by atoms with E-state index in [9.17, 15) is 0 Å². The van der Waals surface area contributed by atoms with Crippen LogP contribution in [-0.4, -0.2) is 49.2 Å². The number of aliphatic hydroxyl groups excluding tert-OH is 1. The van der Waals surface area contributed by atoms with E-state index in [0.717, 1.165) is 44.6 Å². The quantitative estimate of drug-likeness (QED) is 0.833. The topological polar surface area (TPSA) is 41.9 Å². The molecule has 0 spiro atoms. The fraction of sp³-hybridized carbons (Fsp3) is 0.600. The summed E-state index contributed by atoms with van der Waals surface area (Å²) in [6.07, 6.45) is 1.82. The van der Waals surface area contributed by atoms with Crippen LogP contribution in [-0.2, 0) is 16.0 Å². The molecule has 1 fully saturated rings. The summed E-state index contributed by atoms with van der Waals surface area (Å²) in [5, 5.41) is 10.2. The SMILES string of the molecule is OCCCN(Cc1ccc(Cl)c(Cl)c1)C[C@@H]1CCOCO1. The van der Waals surface area contributed by atoms with Gasteiger partial charge in [-0.15, -0.1) is 0 Å². The summed E-state index contributed by atoms with van der Waals surface area (Å²) in [6.45, 7) is 3.70. The van der Waals surface area contributed by atoms with Gasteiger partial charge < -0.3 is 14.6 Å². The Hall–Kier alpha value is -0.360. The largest absolute Gasteiger partial charge is 0.396 e. The lowest BCUT2D eigenvalue weighted by atomic mass is 10.1. The Morgan fingerprint density at radius 1 is 1.29 bits per heavy atom. The molecule has 1 N–H and O–H groups in total. The van der Waals surface area contributed by atoms with Crippen LogP contribution in [0.4, 0.5) is 0 Å². The molecule has 0 unspecified atom stereocenters. The van der Waals surface area contributed by atoms with Gasteiger partial charge in [-0.25, -0.2) is 0 Å². The summed E-state index contributed by atoms with van der Waals surface area (Å²) in [5.74, 6) is 0. The van der Waals surface area contributed by atoms with Gasteiger partial charge in [-0.3, -0.25) is 4.90 Å². The highest BCUT2D eigenvalue weighted by atomic mass is 35.5. The Balaban J connectivity index is 1.95. The van der Waals surface area contributed by atoms with E-state index in [2.05, 4.69) is 4.90 Å². The fourth-order valence-corrected chi connectivity index (χ4v) is 2.68. The molecule has 0 saturated carbocycles. The van der Waals surface area contributed by atoms with E-state index in [1.54, 1.807) is 0 Å². The molecule has 1 aliphatic rings. The van der Waals surface area contributed by atoms with E-state index >= 15 is 0 Å². The number of aliphatic hydroxyl groups is 1. The molecule has 0 aliphatic carbocycles. The summed E-state index contributed by atoms with van der Waals surface area (Å²) in [6, 6.07) is 5.68. The van der Waals surface area contributed by atoms with E-state index in [4.69, 9.17) is 37.8 Å². The van der Waals surface area contributed by atoms with Gasteiger partial charge in [-0.1, -0.05) is 29.3 Å². The second-order valence-electron chi connectivity index (χ2n) is 5.16. The van der Waals surface area contributed by atoms with Crippen molar-refractivity contribution >= 4 is 23.2 Å². The van der Waals surface area contributed by atoms with E-state index in [0.29, 0.717) is 16.8 Å². The fourth-order valence-electron chi connectivity index (χ4n) is 2.36. The zero-order valence-corrected chi connectivity index (χ0v) is 13.4. The molecular weight excluding hydrogens is 313 g/mol.